The molecule has 2 rings (SSSR count). The van der Waals surface area contributed by atoms with Crippen LogP contribution in [0.1, 0.15) is 26.2 Å². The van der Waals surface area contributed by atoms with Crippen molar-refractivity contribution < 1.29 is 4.92 Å². The van der Waals surface area contributed by atoms with E-state index in [1.54, 1.807) is 0 Å². The van der Waals surface area contributed by atoms with Crippen LogP contribution in [0.3, 0.4) is 0 Å². The summed E-state index contributed by atoms with van der Waals surface area (Å²) in [5.41, 5.74) is 5.66. The molecule has 9 nitrogen and oxygen atoms in total. The van der Waals surface area contributed by atoms with Crippen molar-refractivity contribution in [1.29, 1.82) is 0 Å². The van der Waals surface area contributed by atoms with E-state index in [0.717, 1.165) is 38.9 Å². The highest BCUT2D eigenvalue weighted by Crippen LogP contribution is 2.34. The lowest BCUT2D eigenvalue weighted by atomic mass is 10.0. The third-order valence-electron chi connectivity index (χ3n) is 4.10. The van der Waals surface area contributed by atoms with E-state index >= 15 is 0 Å². The molecule has 1 atom stereocenters. The summed E-state index contributed by atoms with van der Waals surface area (Å²) < 4.78 is 0. The Labute approximate surface area is 142 Å². The maximum atomic E-state index is 11.4. The van der Waals surface area contributed by atoms with Crippen molar-refractivity contribution in [1.82, 2.24) is 14.9 Å². The topological polar surface area (TPSA) is 113 Å². The van der Waals surface area contributed by atoms with Gasteiger partial charge in [-0.25, -0.2) is 0 Å². The molecule has 0 aliphatic carbocycles. The Morgan fingerprint density at radius 3 is 2.83 bits per heavy atom. The molecule has 0 aromatic carbocycles. The Kier molecular flexibility index (Phi) is 6.13. The summed E-state index contributed by atoms with van der Waals surface area (Å²) in [5, 5.41) is 14.5. The number of nitrogens with two attached hydrogens (primary N) is 1. The van der Waals surface area contributed by atoms with Gasteiger partial charge in [-0.1, -0.05) is 6.92 Å². The average molecular weight is 337 g/mol. The summed E-state index contributed by atoms with van der Waals surface area (Å²) in [5.74, 6) is 1.07. The molecule has 0 amide bonds. The van der Waals surface area contributed by atoms with Crippen LogP contribution in [0, 0.1) is 16.0 Å². The SMILES string of the molecule is CC1CCCN(c2nc(NCCCN(C)C)nc(N)c2[N+](=O)[O-])C1. The largest absolute Gasteiger partial charge is 0.378 e. The summed E-state index contributed by atoms with van der Waals surface area (Å²) >= 11 is 0. The number of nitrogens with zero attached hydrogens (tertiary/aromatic N) is 5. The van der Waals surface area contributed by atoms with Crippen LogP contribution >= 0.6 is 0 Å². The predicted molar refractivity (Wildman–Crippen MR) is 95.4 cm³/mol. The first kappa shape index (κ1) is 18.2. The Morgan fingerprint density at radius 1 is 1.46 bits per heavy atom. The molecule has 1 aliphatic heterocycles. The van der Waals surface area contributed by atoms with Crippen LogP contribution in [0.5, 0.6) is 0 Å². The molecule has 9 heteroatoms. The minimum atomic E-state index is -0.486. The van der Waals surface area contributed by atoms with Crippen LogP contribution in [0.2, 0.25) is 0 Å². The first-order chi connectivity index (χ1) is 11.4. The van der Waals surface area contributed by atoms with Crippen molar-refractivity contribution in [3.05, 3.63) is 10.1 Å². The van der Waals surface area contributed by atoms with Crippen molar-refractivity contribution in [3.63, 3.8) is 0 Å². The molecule has 0 saturated carbocycles. The highest BCUT2D eigenvalue weighted by molar-refractivity contribution is 5.71. The molecule has 1 fully saturated rings. The molecule has 3 N–H and O–H groups in total. The second-order valence-electron chi connectivity index (χ2n) is 6.64. The molecule has 1 aromatic rings. The molecule has 0 spiro atoms. The highest BCUT2D eigenvalue weighted by atomic mass is 16.6. The first-order valence-corrected chi connectivity index (χ1v) is 8.34. The minimum Gasteiger partial charge on any atom is -0.378 e. The van der Waals surface area contributed by atoms with Gasteiger partial charge in [0.2, 0.25) is 17.6 Å². The summed E-state index contributed by atoms with van der Waals surface area (Å²) in [4.78, 5) is 23.4. The van der Waals surface area contributed by atoms with Crippen LogP contribution in [-0.4, -0.2) is 60.1 Å². The van der Waals surface area contributed by atoms with Gasteiger partial charge in [0.05, 0.1) is 4.92 Å². The molecular weight excluding hydrogens is 310 g/mol. The van der Waals surface area contributed by atoms with Gasteiger partial charge in [0.15, 0.2) is 0 Å². The predicted octanol–water partition coefficient (Wildman–Crippen LogP) is 1.57. The summed E-state index contributed by atoms with van der Waals surface area (Å²) in [6, 6.07) is 0. The number of anilines is 3. The van der Waals surface area contributed by atoms with Gasteiger partial charge >= 0.3 is 5.69 Å². The quantitative estimate of drug-likeness (QED) is 0.438. The standard InChI is InChI=1S/C15H27N7O2/c1-11-6-4-9-21(10-11)14-12(22(23)24)13(16)18-15(19-14)17-7-5-8-20(2)3/h11H,4-10H2,1-3H3,(H3,16,17,18,19). The van der Waals surface area contributed by atoms with Crippen LogP contribution in [0.25, 0.3) is 0 Å². The number of hydrogen-bond acceptors (Lipinski definition) is 8. The van der Waals surface area contributed by atoms with Gasteiger partial charge < -0.3 is 20.9 Å². The zero-order valence-electron chi connectivity index (χ0n) is 14.7. The minimum absolute atomic E-state index is 0.0849. The molecule has 0 bridgehead atoms. The highest BCUT2D eigenvalue weighted by Gasteiger charge is 2.29. The number of piperidine rings is 1. The number of hydrogen-bond donors (Lipinski definition) is 2. The van der Waals surface area contributed by atoms with Crippen LogP contribution in [0.4, 0.5) is 23.3 Å². The van der Waals surface area contributed by atoms with Gasteiger partial charge in [-0.15, -0.1) is 0 Å². The molecule has 2 heterocycles. The third kappa shape index (κ3) is 4.67. The number of aromatic nitrogens is 2. The average Bonchev–Trinajstić information content (AvgIpc) is 2.50. The van der Waals surface area contributed by atoms with E-state index in [0.29, 0.717) is 24.2 Å². The second kappa shape index (κ2) is 8.09. The molecule has 1 unspecified atom stereocenters. The van der Waals surface area contributed by atoms with Gasteiger partial charge in [-0.2, -0.15) is 9.97 Å². The maximum absolute atomic E-state index is 11.4. The monoisotopic (exact) mass is 337 g/mol. The van der Waals surface area contributed by atoms with Crippen LogP contribution in [-0.2, 0) is 0 Å². The molecular formula is C15H27N7O2. The molecule has 0 radical (unpaired) electrons. The van der Waals surface area contributed by atoms with E-state index in [1.807, 2.05) is 19.0 Å². The summed E-state index contributed by atoms with van der Waals surface area (Å²) in [6.45, 7) is 5.26. The Morgan fingerprint density at radius 2 is 2.21 bits per heavy atom. The van der Waals surface area contributed by atoms with Gasteiger partial charge in [-0.05, 0) is 45.8 Å². The van der Waals surface area contributed by atoms with Crippen molar-refractivity contribution in [3.8, 4) is 0 Å². The zero-order valence-corrected chi connectivity index (χ0v) is 14.7. The maximum Gasteiger partial charge on any atom is 0.353 e. The van der Waals surface area contributed by atoms with Crippen molar-refractivity contribution in [2.24, 2.45) is 5.92 Å². The van der Waals surface area contributed by atoms with E-state index in [1.165, 1.54) is 0 Å². The van der Waals surface area contributed by atoms with Crippen LogP contribution < -0.4 is 16.0 Å². The third-order valence-corrected chi connectivity index (χ3v) is 4.10. The van der Waals surface area contributed by atoms with Crippen molar-refractivity contribution in [2.45, 2.75) is 26.2 Å². The number of nitro groups is 1. The van der Waals surface area contributed by atoms with Crippen molar-refractivity contribution >= 4 is 23.3 Å². The van der Waals surface area contributed by atoms with E-state index in [-0.39, 0.29) is 11.5 Å². The number of nitrogen functional groups attached to an aromatic ring is 1. The Hall–Kier alpha value is -2.16. The van der Waals surface area contributed by atoms with Crippen molar-refractivity contribution in [2.75, 3.05) is 56.2 Å². The van der Waals surface area contributed by atoms with Gasteiger partial charge in [0.1, 0.15) is 0 Å². The smallest absolute Gasteiger partial charge is 0.353 e. The fraction of sp³-hybridized carbons (Fsp3) is 0.733. The van der Waals surface area contributed by atoms with E-state index < -0.39 is 4.92 Å². The van der Waals surface area contributed by atoms with E-state index in [9.17, 15) is 10.1 Å². The Balaban J connectivity index is 2.20. The fourth-order valence-corrected chi connectivity index (χ4v) is 2.91. The van der Waals surface area contributed by atoms with Gasteiger partial charge in [0, 0.05) is 19.6 Å². The van der Waals surface area contributed by atoms with Gasteiger partial charge in [-0.3, -0.25) is 10.1 Å². The number of rotatable bonds is 7. The van der Waals surface area contributed by atoms with E-state index in [4.69, 9.17) is 5.73 Å². The lowest BCUT2D eigenvalue weighted by Gasteiger charge is -2.31. The molecule has 24 heavy (non-hydrogen) atoms. The first-order valence-electron chi connectivity index (χ1n) is 8.34. The molecule has 1 aliphatic rings. The lowest BCUT2D eigenvalue weighted by Crippen LogP contribution is -2.35. The molecule has 134 valence electrons. The van der Waals surface area contributed by atoms with Crippen LogP contribution in [0.15, 0.2) is 0 Å². The van der Waals surface area contributed by atoms with Gasteiger partial charge in [0.25, 0.3) is 0 Å². The second-order valence-corrected chi connectivity index (χ2v) is 6.64. The summed E-state index contributed by atoms with van der Waals surface area (Å²) in [6.07, 6.45) is 3.04. The summed E-state index contributed by atoms with van der Waals surface area (Å²) in [7, 11) is 4.02. The normalized spacial score (nSPS) is 18.0. The molecule has 1 saturated heterocycles. The fourth-order valence-electron chi connectivity index (χ4n) is 2.91. The molecule has 1 aromatic heterocycles. The lowest BCUT2D eigenvalue weighted by molar-refractivity contribution is -0.383. The van der Waals surface area contributed by atoms with E-state index in [2.05, 4.69) is 27.1 Å². The zero-order chi connectivity index (χ0) is 17.7. The Bertz CT molecular complexity index is 579. The number of nitrogens with one attached hydrogen (secondary N) is 1.